The molecule has 0 aliphatic carbocycles. The summed E-state index contributed by atoms with van der Waals surface area (Å²) in [5, 5.41) is 0. The van der Waals surface area contributed by atoms with E-state index < -0.39 is 0 Å². The SMILES string of the molecule is Cc1cc(C)c(C)c(Cn2c([C@H](C)c3ccc(CC(C)C)cc3)nc3ccccc32)c1C. The van der Waals surface area contributed by atoms with Crippen LogP contribution in [0.15, 0.2) is 54.6 Å². The Balaban J connectivity index is 1.79. The monoisotopic (exact) mass is 424 g/mol. The third-order valence-corrected chi connectivity index (χ3v) is 7.03. The van der Waals surface area contributed by atoms with Crippen molar-refractivity contribution in [3.63, 3.8) is 0 Å². The Kier molecular flexibility index (Phi) is 6.24. The van der Waals surface area contributed by atoms with Crippen LogP contribution < -0.4 is 0 Å². The van der Waals surface area contributed by atoms with Gasteiger partial charge in [-0.05, 0) is 91.1 Å². The van der Waals surface area contributed by atoms with Gasteiger partial charge in [0.1, 0.15) is 5.82 Å². The number of rotatable bonds is 6. The number of imidazole rings is 1. The van der Waals surface area contributed by atoms with Gasteiger partial charge >= 0.3 is 0 Å². The molecule has 0 saturated heterocycles. The lowest BCUT2D eigenvalue weighted by atomic mass is 9.93. The number of fused-ring (bicyclic) bond motifs is 1. The Morgan fingerprint density at radius 2 is 1.44 bits per heavy atom. The van der Waals surface area contributed by atoms with E-state index >= 15 is 0 Å². The second-order valence-corrected chi connectivity index (χ2v) is 9.85. The van der Waals surface area contributed by atoms with Gasteiger partial charge in [-0.1, -0.05) is 63.2 Å². The molecule has 1 heterocycles. The van der Waals surface area contributed by atoms with Crippen LogP contribution in [0.25, 0.3) is 11.0 Å². The van der Waals surface area contributed by atoms with E-state index in [1.165, 1.54) is 44.5 Å². The average molecular weight is 425 g/mol. The van der Waals surface area contributed by atoms with Crippen molar-refractivity contribution in [3.8, 4) is 0 Å². The van der Waals surface area contributed by atoms with Crippen molar-refractivity contribution >= 4 is 11.0 Å². The first-order chi connectivity index (χ1) is 15.3. The lowest BCUT2D eigenvalue weighted by molar-refractivity contribution is 0.646. The lowest BCUT2D eigenvalue weighted by Gasteiger charge is -2.20. The Morgan fingerprint density at radius 1 is 0.812 bits per heavy atom. The van der Waals surface area contributed by atoms with Crippen molar-refractivity contribution in [3.05, 3.63) is 99.4 Å². The number of hydrogen-bond acceptors (Lipinski definition) is 1. The van der Waals surface area contributed by atoms with E-state index in [2.05, 4.69) is 108 Å². The standard InChI is InChI=1S/C30H36N2/c1-19(2)16-25-12-14-26(15-13-25)24(7)30-31-28-10-8-9-11-29(28)32(30)18-27-22(5)20(3)17-21(4)23(27)6/h8-15,17,19,24H,16,18H2,1-7H3/t24-/m1/s1. The van der Waals surface area contributed by atoms with E-state index in [-0.39, 0.29) is 5.92 Å². The summed E-state index contributed by atoms with van der Waals surface area (Å²) in [5.41, 5.74) is 11.9. The first kappa shape index (κ1) is 22.3. The summed E-state index contributed by atoms with van der Waals surface area (Å²) in [5.74, 6) is 2.04. The van der Waals surface area contributed by atoms with Crippen LogP contribution >= 0.6 is 0 Å². The summed E-state index contributed by atoms with van der Waals surface area (Å²) in [6.07, 6.45) is 1.12. The number of para-hydroxylation sites is 2. The molecule has 0 fully saturated rings. The van der Waals surface area contributed by atoms with Crippen molar-refractivity contribution in [2.45, 2.75) is 67.3 Å². The zero-order valence-corrected chi connectivity index (χ0v) is 20.7. The van der Waals surface area contributed by atoms with Crippen LogP contribution in [0.5, 0.6) is 0 Å². The maximum absolute atomic E-state index is 5.12. The van der Waals surface area contributed by atoms with Gasteiger partial charge in [0, 0.05) is 12.5 Å². The molecule has 2 heteroatoms. The number of hydrogen-bond donors (Lipinski definition) is 0. The molecule has 32 heavy (non-hydrogen) atoms. The van der Waals surface area contributed by atoms with Gasteiger partial charge in [-0.2, -0.15) is 0 Å². The zero-order chi connectivity index (χ0) is 23.0. The highest BCUT2D eigenvalue weighted by Gasteiger charge is 2.20. The van der Waals surface area contributed by atoms with Crippen LogP contribution in [0.2, 0.25) is 0 Å². The molecule has 4 aromatic rings. The van der Waals surface area contributed by atoms with E-state index in [0.717, 1.165) is 24.3 Å². The molecule has 0 spiro atoms. The van der Waals surface area contributed by atoms with Gasteiger partial charge in [-0.3, -0.25) is 0 Å². The second-order valence-electron chi connectivity index (χ2n) is 9.85. The Labute approximate surface area is 193 Å². The highest BCUT2D eigenvalue weighted by atomic mass is 15.1. The topological polar surface area (TPSA) is 17.8 Å². The quantitative estimate of drug-likeness (QED) is 0.310. The van der Waals surface area contributed by atoms with E-state index in [1.54, 1.807) is 0 Å². The maximum Gasteiger partial charge on any atom is 0.117 e. The van der Waals surface area contributed by atoms with Crippen LogP contribution in [-0.2, 0) is 13.0 Å². The summed E-state index contributed by atoms with van der Waals surface area (Å²) >= 11 is 0. The molecule has 4 rings (SSSR count). The van der Waals surface area contributed by atoms with Gasteiger partial charge in [0.2, 0.25) is 0 Å². The van der Waals surface area contributed by atoms with Crippen molar-refractivity contribution < 1.29 is 0 Å². The minimum Gasteiger partial charge on any atom is -0.323 e. The summed E-state index contributed by atoms with van der Waals surface area (Å²) in [6, 6.07) is 20.0. The Bertz CT molecular complexity index is 1220. The fourth-order valence-electron chi connectivity index (χ4n) is 4.85. The molecule has 0 N–H and O–H groups in total. The Morgan fingerprint density at radius 3 is 2.06 bits per heavy atom. The molecule has 0 unspecified atom stereocenters. The summed E-state index contributed by atoms with van der Waals surface area (Å²) in [4.78, 5) is 5.12. The molecule has 1 aromatic heterocycles. The van der Waals surface area contributed by atoms with Gasteiger partial charge in [-0.25, -0.2) is 4.98 Å². The molecule has 0 aliphatic heterocycles. The first-order valence-electron chi connectivity index (χ1n) is 11.9. The molecule has 0 amide bonds. The predicted octanol–water partition coefficient (Wildman–Crippen LogP) is 7.67. The van der Waals surface area contributed by atoms with Crippen LogP contribution in [-0.4, -0.2) is 9.55 Å². The van der Waals surface area contributed by atoms with Gasteiger partial charge in [0.15, 0.2) is 0 Å². The van der Waals surface area contributed by atoms with Crippen LogP contribution in [0, 0.1) is 33.6 Å². The molecule has 3 aromatic carbocycles. The molecule has 0 saturated carbocycles. The molecule has 0 radical (unpaired) electrons. The van der Waals surface area contributed by atoms with E-state index in [0.29, 0.717) is 5.92 Å². The largest absolute Gasteiger partial charge is 0.323 e. The molecule has 0 aliphatic rings. The van der Waals surface area contributed by atoms with Gasteiger partial charge in [0.25, 0.3) is 0 Å². The fourth-order valence-corrected chi connectivity index (χ4v) is 4.85. The van der Waals surface area contributed by atoms with E-state index in [9.17, 15) is 0 Å². The zero-order valence-electron chi connectivity index (χ0n) is 20.7. The number of nitrogens with zero attached hydrogens (tertiary/aromatic N) is 2. The second kappa shape index (κ2) is 8.94. The smallest absolute Gasteiger partial charge is 0.117 e. The van der Waals surface area contributed by atoms with Crippen molar-refractivity contribution in [2.75, 3.05) is 0 Å². The maximum atomic E-state index is 5.12. The summed E-state index contributed by atoms with van der Waals surface area (Å²) in [6.45, 7) is 16.6. The van der Waals surface area contributed by atoms with Crippen molar-refractivity contribution in [2.24, 2.45) is 5.92 Å². The highest BCUT2D eigenvalue weighted by molar-refractivity contribution is 5.76. The summed E-state index contributed by atoms with van der Waals surface area (Å²) < 4.78 is 2.44. The number of benzene rings is 3. The molecule has 2 nitrogen and oxygen atoms in total. The van der Waals surface area contributed by atoms with Gasteiger partial charge < -0.3 is 4.57 Å². The third-order valence-electron chi connectivity index (χ3n) is 7.03. The lowest BCUT2D eigenvalue weighted by Crippen LogP contribution is -2.12. The predicted molar refractivity (Wildman–Crippen MR) is 137 cm³/mol. The fraction of sp³-hybridized carbons (Fsp3) is 0.367. The van der Waals surface area contributed by atoms with Crippen molar-refractivity contribution in [1.29, 1.82) is 0 Å². The molecular formula is C30H36N2. The molecule has 0 bridgehead atoms. The minimum absolute atomic E-state index is 0.224. The number of aryl methyl sites for hydroxylation is 2. The van der Waals surface area contributed by atoms with Gasteiger partial charge in [-0.15, -0.1) is 0 Å². The number of aromatic nitrogens is 2. The van der Waals surface area contributed by atoms with Crippen LogP contribution in [0.3, 0.4) is 0 Å². The van der Waals surface area contributed by atoms with Crippen molar-refractivity contribution in [1.82, 2.24) is 9.55 Å². The van der Waals surface area contributed by atoms with E-state index in [4.69, 9.17) is 4.98 Å². The summed E-state index contributed by atoms with van der Waals surface area (Å²) in [7, 11) is 0. The normalized spacial score (nSPS) is 12.6. The highest BCUT2D eigenvalue weighted by Crippen LogP contribution is 2.30. The first-order valence-corrected chi connectivity index (χ1v) is 11.9. The third kappa shape index (κ3) is 4.24. The molecular weight excluding hydrogens is 388 g/mol. The van der Waals surface area contributed by atoms with Crippen LogP contribution in [0.1, 0.15) is 71.5 Å². The Hall–Kier alpha value is -2.87. The van der Waals surface area contributed by atoms with E-state index in [1.807, 2.05) is 0 Å². The minimum atomic E-state index is 0.224. The van der Waals surface area contributed by atoms with Crippen LogP contribution in [0.4, 0.5) is 0 Å². The molecule has 166 valence electrons. The molecule has 1 atom stereocenters. The average Bonchev–Trinajstić information content (AvgIpc) is 3.13. The van der Waals surface area contributed by atoms with Gasteiger partial charge in [0.05, 0.1) is 11.0 Å².